The van der Waals surface area contributed by atoms with E-state index in [4.69, 9.17) is 5.14 Å². The molecule has 23 heavy (non-hydrogen) atoms. The molecule has 0 spiro atoms. The van der Waals surface area contributed by atoms with Crippen LogP contribution in [-0.4, -0.2) is 44.5 Å². The van der Waals surface area contributed by atoms with Gasteiger partial charge in [-0.1, -0.05) is 0 Å². The average Bonchev–Trinajstić information content (AvgIpc) is 3.32. The van der Waals surface area contributed by atoms with E-state index in [0.29, 0.717) is 5.69 Å². The van der Waals surface area contributed by atoms with Gasteiger partial charge in [-0.25, -0.2) is 18.4 Å². The Morgan fingerprint density at radius 1 is 1.09 bits per heavy atom. The predicted octanol–water partition coefficient (Wildman–Crippen LogP) is 1.08. The van der Waals surface area contributed by atoms with Crippen molar-refractivity contribution in [1.29, 1.82) is 0 Å². The monoisotopic (exact) mass is 338 g/mol. The van der Waals surface area contributed by atoms with Crippen LogP contribution in [-0.2, 0) is 10.0 Å². The van der Waals surface area contributed by atoms with E-state index < -0.39 is 10.0 Å². The first-order chi connectivity index (χ1) is 10.9. The van der Waals surface area contributed by atoms with Crippen LogP contribution in [0, 0.1) is 0 Å². The SMILES string of the molecule is NS(=O)(=O)c1ccc(NC(=O)NC2CCN(C3CC3)CC2)cc1. The Bertz CT molecular complexity index is 662. The number of anilines is 1. The highest BCUT2D eigenvalue weighted by molar-refractivity contribution is 7.89. The first-order valence-corrected chi connectivity index (χ1v) is 9.41. The maximum absolute atomic E-state index is 12.0. The fraction of sp³-hybridized carbons (Fsp3) is 0.533. The molecule has 3 rings (SSSR count). The summed E-state index contributed by atoms with van der Waals surface area (Å²) in [6.45, 7) is 2.08. The molecular weight excluding hydrogens is 316 g/mol. The van der Waals surface area contributed by atoms with E-state index in [1.54, 1.807) is 0 Å². The van der Waals surface area contributed by atoms with E-state index in [-0.39, 0.29) is 17.0 Å². The molecule has 0 radical (unpaired) electrons. The molecule has 0 aromatic heterocycles. The number of hydrogen-bond donors (Lipinski definition) is 3. The Labute approximate surface area is 136 Å². The van der Waals surface area contributed by atoms with Crippen molar-refractivity contribution in [3.63, 3.8) is 0 Å². The number of hydrogen-bond acceptors (Lipinski definition) is 4. The Balaban J connectivity index is 1.47. The first kappa shape index (κ1) is 16.2. The van der Waals surface area contributed by atoms with Crippen molar-refractivity contribution in [3.05, 3.63) is 24.3 Å². The minimum atomic E-state index is -3.71. The number of piperidine rings is 1. The van der Waals surface area contributed by atoms with Gasteiger partial charge in [0, 0.05) is 30.9 Å². The molecule has 126 valence electrons. The summed E-state index contributed by atoms with van der Waals surface area (Å²) in [6.07, 6.45) is 4.56. The summed E-state index contributed by atoms with van der Waals surface area (Å²) in [4.78, 5) is 14.5. The highest BCUT2D eigenvalue weighted by Crippen LogP contribution is 2.29. The van der Waals surface area contributed by atoms with Crippen molar-refractivity contribution in [2.45, 2.75) is 42.7 Å². The zero-order valence-corrected chi connectivity index (χ0v) is 13.7. The van der Waals surface area contributed by atoms with Gasteiger partial charge in [-0.2, -0.15) is 0 Å². The van der Waals surface area contributed by atoms with Crippen LogP contribution >= 0.6 is 0 Å². The molecule has 1 aliphatic carbocycles. The van der Waals surface area contributed by atoms with Crippen LogP contribution < -0.4 is 15.8 Å². The molecular formula is C15H22N4O3S. The summed E-state index contributed by atoms with van der Waals surface area (Å²) in [5, 5.41) is 10.7. The maximum Gasteiger partial charge on any atom is 0.319 e. The van der Waals surface area contributed by atoms with Gasteiger partial charge < -0.3 is 15.5 Å². The second-order valence-electron chi connectivity index (χ2n) is 6.21. The molecule has 1 saturated heterocycles. The summed E-state index contributed by atoms with van der Waals surface area (Å²) >= 11 is 0. The third kappa shape index (κ3) is 4.43. The van der Waals surface area contributed by atoms with Gasteiger partial charge in [-0.15, -0.1) is 0 Å². The lowest BCUT2D eigenvalue weighted by Gasteiger charge is -2.32. The highest BCUT2D eigenvalue weighted by atomic mass is 32.2. The number of nitrogens with one attached hydrogen (secondary N) is 2. The summed E-state index contributed by atoms with van der Waals surface area (Å²) in [7, 11) is -3.71. The van der Waals surface area contributed by atoms with E-state index in [0.717, 1.165) is 32.0 Å². The van der Waals surface area contributed by atoms with Gasteiger partial charge in [-0.05, 0) is 49.9 Å². The van der Waals surface area contributed by atoms with Gasteiger partial charge in [-0.3, -0.25) is 0 Å². The minimum Gasteiger partial charge on any atom is -0.335 e. The lowest BCUT2D eigenvalue weighted by atomic mass is 10.1. The predicted molar refractivity (Wildman–Crippen MR) is 87.6 cm³/mol. The van der Waals surface area contributed by atoms with Crippen LogP contribution in [0.2, 0.25) is 0 Å². The fourth-order valence-corrected chi connectivity index (χ4v) is 3.44. The van der Waals surface area contributed by atoms with Crippen molar-refractivity contribution in [1.82, 2.24) is 10.2 Å². The highest BCUT2D eigenvalue weighted by Gasteiger charge is 2.32. The Morgan fingerprint density at radius 3 is 2.22 bits per heavy atom. The van der Waals surface area contributed by atoms with Crippen LogP contribution in [0.3, 0.4) is 0 Å². The summed E-state index contributed by atoms with van der Waals surface area (Å²) in [5.74, 6) is 0. The average molecular weight is 338 g/mol. The Morgan fingerprint density at radius 2 is 1.70 bits per heavy atom. The quantitative estimate of drug-likeness (QED) is 0.764. The van der Waals surface area contributed by atoms with Crippen LogP contribution in [0.4, 0.5) is 10.5 Å². The van der Waals surface area contributed by atoms with E-state index in [9.17, 15) is 13.2 Å². The standard InChI is InChI=1S/C15H22N4O3S/c16-23(21,22)14-5-1-11(2-6-14)17-15(20)18-12-7-9-19(10-8-12)13-3-4-13/h1-2,5-6,12-13H,3-4,7-10H2,(H2,16,21,22)(H2,17,18,20). The van der Waals surface area contributed by atoms with Gasteiger partial charge in [0.2, 0.25) is 10.0 Å². The molecule has 2 fully saturated rings. The Hall–Kier alpha value is -1.64. The second kappa shape index (κ2) is 6.46. The van der Waals surface area contributed by atoms with Crippen molar-refractivity contribution < 1.29 is 13.2 Å². The van der Waals surface area contributed by atoms with Gasteiger partial charge in [0.25, 0.3) is 0 Å². The number of rotatable bonds is 4. The summed E-state index contributed by atoms with van der Waals surface area (Å²) < 4.78 is 22.4. The van der Waals surface area contributed by atoms with Gasteiger partial charge in [0.05, 0.1) is 4.90 Å². The van der Waals surface area contributed by atoms with E-state index >= 15 is 0 Å². The number of urea groups is 1. The maximum atomic E-state index is 12.0. The number of carbonyl (C=O) groups is 1. The zero-order chi connectivity index (χ0) is 16.4. The van der Waals surface area contributed by atoms with Crippen molar-refractivity contribution >= 4 is 21.7 Å². The van der Waals surface area contributed by atoms with Crippen molar-refractivity contribution in [3.8, 4) is 0 Å². The molecule has 2 amide bonds. The fourth-order valence-electron chi connectivity index (χ4n) is 2.93. The molecule has 0 bridgehead atoms. The minimum absolute atomic E-state index is 0.0240. The Kier molecular flexibility index (Phi) is 4.56. The van der Waals surface area contributed by atoms with E-state index in [1.165, 1.54) is 37.1 Å². The molecule has 8 heteroatoms. The lowest BCUT2D eigenvalue weighted by molar-refractivity contribution is 0.189. The smallest absolute Gasteiger partial charge is 0.319 e. The van der Waals surface area contributed by atoms with Crippen LogP contribution in [0.25, 0.3) is 0 Å². The van der Waals surface area contributed by atoms with E-state index in [1.807, 2.05) is 0 Å². The number of amides is 2. The number of benzene rings is 1. The topological polar surface area (TPSA) is 105 Å². The number of nitrogens with two attached hydrogens (primary N) is 1. The summed E-state index contributed by atoms with van der Waals surface area (Å²) in [5.41, 5.74) is 0.533. The number of nitrogens with zero attached hydrogens (tertiary/aromatic N) is 1. The van der Waals surface area contributed by atoms with Crippen LogP contribution in [0.1, 0.15) is 25.7 Å². The van der Waals surface area contributed by atoms with Gasteiger partial charge in [0.15, 0.2) is 0 Å². The molecule has 0 atom stereocenters. The van der Waals surface area contributed by atoms with Gasteiger partial charge in [0.1, 0.15) is 0 Å². The normalized spacial score (nSPS) is 20.2. The second-order valence-corrected chi connectivity index (χ2v) is 7.77. The van der Waals surface area contributed by atoms with E-state index in [2.05, 4.69) is 15.5 Å². The molecule has 1 aliphatic heterocycles. The van der Waals surface area contributed by atoms with Crippen molar-refractivity contribution in [2.24, 2.45) is 5.14 Å². The molecule has 7 nitrogen and oxygen atoms in total. The lowest BCUT2D eigenvalue weighted by Crippen LogP contribution is -2.46. The molecule has 4 N–H and O–H groups in total. The summed E-state index contributed by atoms with van der Waals surface area (Å²) in [6, 6.07) is 6.50. The number of primary sulfonamides is 1. The van der Waals surface area contributed by atoms with Crippen LogP contribution in [0.15, 0.2) is 29.2 Å². The van der Waals surface area contributed by atoms with Crippen LogP contribution in [0.5, 0.6) is 0 Å². The number of likely N-dealkylation sites (tertiary alicyclic amines) is 1. The third-order valence-electron chi connectivity index (χ3n) is 4.37. The first-order valence-electron chi connectivity index (χ1n) is 7.86. The molecule has 1 heterocycles. The zero-order valence-electron chi connectivity index (χ0n) is 12.9. The molecule has 0 unspecified atom stereocenters. The van der Waals surface area contributed by atoms with Crippen molar-refractivity contribution in [2.75, 3.05) is 18.4 Å². The van der Waals surface area contributed by atoms with Gasteiger partial charge >= 0.3 is 6.03 Å². The molecule has 2 aliphatic rings. The largest absolute Gasteiger partial charge is 0.335 e. The molecule has 1 aromatic rings. The number of carbonyl (C=O) groups excluding carboxylic acids is 1. The molecule has 1 saturated carbocycles. The number of sulfonamides is 1. The molecule has 1 aromatic carbocycles. The third-order valence-corrected chi connectivity index (χ3v) is 5.30.